The number of piperidine rings is 1. The van der Waals surface area contributed by atoms with Gasteiger partial charge in [0.1, 0.15) is 11.4 Å². The van der Waals surface area contributed by atoms with Crippen LogP contribution in [0.2, 0.25) is 0 Å². The standard InChI is InChI=1S/C29H36N4O3/c1-31(2)13-14-33(29(36)25-17-27(35)24-10-5-11-26(34)28(24)30-25)19-20-7-6-12-32(18-20)23-15-21-8-3-4-9-22(21)16-23/h3-5,8-11,17,20,23,34H,6-7,12-16,18-19H2,1-2H3,(H,30,35). The second kappa shape index (κ2) is 10.4. The van der Waals surface area contributed by atoms with Crippen LogP contribution in [0.4, 0.5) is 0 Å². The molecule has 2 aliphatic rings. The number of nitrogens with one attached hydrogen (secondary N) is 1. The highest BCUT2D eigenvalue weighted by atomic mass is 16.3. The monoisotopic (exact) mass is 488 g/mol. The van der Waals surface area contributed by atoms with Crippen LogP contribution in [0.25, 0.3) is 10.9 Å². The van der Waals surface area contributed by atoms with Gasteiger partial charge in [-0.1, -0.05) is 30.3 Å². The number of aromatic hydroxyl groups is 1. The number of H-pyrrole nitrogens is 1. The summed E-state index contributed by atoms with van der Waals surface area (Å²) in [6, 6.07) is 15.5. The third-order valence-corrected chi connectivity index (χ3v) is 7.75. The number of carbonyl (C=O) groups is 1. The number of hydrogen-bond acceptors (Lipinski definition) is 5. The second-order valence-corrected chi connectivity index (χ2v) is 10.6. The van der Waals surface area contributed by atoms with E-state index in [0.29, 0.717) is 36.0 Å². The number of carbonyl (C=O) groups excluding carboxylic acids is 1. The largest absolute Gasteiger partial charge is 0.506 e. The Bertz CT molecular complexity index is 1280. The number of fused-ring (bicyclic) bond motifs is 2. The van der Waals surface area contributed by atoms with E-state index < -0.39 is 0 Å². The third kappa shape index (κ3) is 5.18. The molecule has 0 radical (unpaired) electrons. The highest BCUT2D eigenvalue weighted by Gasteiger charge is 2.32. The molecule has 0 saturated carbocycles. The Hall–Kier alpha value is -3.16. The first-order valence-corrected chi connectivity index (χ1v) is 13.0. The van der Waals surface area contributed by atoms with Gasteiger partial charge in [-0.3, -0.25) is 14.5 Å². The molecule has 2 aromatic carbocycles. The van der Waals surface area contributed by atoms with Crippen LogP contribution in [0.5, 0.6) is 5.75 Å². The number of amides is 1. The van der Waals surface area contributed by atoms with E-state index in [1.54, 1.807) is 12.1 Å². The molecule has 36 heavy (non-hydrogen) atoms. The Kier molecular flexibility index (Phi) is 7.12. The maximum Gasteiger partial charge on any atom is 0.270 e. The number of hydrogen-bond donors (Lipinski definition) is 2. The number of para-hydroxylation sites is 1. The Morgan fingerprint density at radius 3 is 2.56 bits per heavy atom. The number of likely N-dealkylation sites (tertiary alicyclic amines) is 1. The predicted molar refractivity (Wildman–Crippen MR) is 143 cm³/mol. The molecular weight excluding hydrogens is 452 g/mol. The van der Waals surface area contributed by atoms with Crippen molar-refractivity contribution < 1.29 is 9.90 Å². The molecule has 1 amide bonds. The highest BCUT2D eigenvalue weighted by molar-refractivity contribution is 5.95. The van der Waals surface area contributed by atoms with Crippen LogP contribution in [0, 0.1) is 5.92 Å². The Morgan fingerprint density at radius 2 is 1.83 bits per heavy atom. The lowest BCUT2D eigenvalue weighted by molar-refractivity contribution is 0.0625. The second-order valence-electron chi connectivity index (χ2n) is 10.6. The van der Waals surface area contributed by atoms with Gasteiger partial charge in [-0.15, -0.1) is 0 Å². The summed E-state index contributed by atoms with van der Waals surface area (Å²) in [5, 5.41) is 10.6. The molecule has 1 fully saturated rings. The number of likely N-dealkylation sites (N-methyl/N-ethyl adjacent to an activating group) is 1. The van der Waals surface area contributed by atoms with Crippen LogP contribution in [0.15, 0.2) is 53.3 Å². The fourth-order valence-corrected chi connectivity index (χ4v) is 5.82. The lowest BCUT2D eigenvalue weighted by Gasteiger charge is -2.39. The number of benzene rings is 2. The van der Waals surface area contributed by atoms with E-state index in [1.807, 2.05) is 19.0 Å². The van der Waals surface area contributed by atoms with Crippen LogP contribution in [0.3, 0.4) is 0 Å². The molecule has 1 saturated heterocycles. The molecule has 1 aliphatic carbocycles. The molecule has 190 valence electrons. The zero-order chi connectivity index (χ0) is 25.2. The predicted octanol–water partition coefficient (Wildman–Crippen LogP) is 3.12. The van der Waals surface area contributed by atoms with Gasteiger partial charge in [-0.05, 0) is 75.5 Å². The van der Waals surface area contributed by atoms with Crippen LogP contribution >= 0.6 is 0 Å². The molecule has 0 bridgehead atoms. The van der Waals surface area contributed by atoms with Crippen molar-refractivity contribution in [1.82, 2.24) is 19.7 Å². The summed E-state index contributed by atoms with van der Waals surface area (Å²) < 4.78 is 0. The van der Waals surface area contributed by atoms with Gasteiger partial charge in [-0.2, -0.15) is 0 Å². The molecule has 1 unspecified atom stereocenters. The van der Waals surface area contributed by atoms with Crippen molar-refractivity contribution >= 4 is 16.8 Å². The van der Waals surface area contributed by atoms with Crippen LogP contribution < -0.4 is 5.43 Å². The number of phenolic OH excluding ortho intramolecular Hbond substituents is 1. The van der Waals surface area contributed by atoms with E-state index >= 15 is 0 Å². The first kappa shape index (κ1) is 24.5. The van der Waals surface area contributed by atoms with E-state index in [1.165, 1.54) is 23.3 Å². The smallest absolute Gasteiger partial charge is 0.270 e. The maximum absolute atomic E-state index is 13.7. The number of aromatic amines is 1. The first-order chi connectivity index (χ1) is 17.4. The van der Waals surface area contributed by atoms with Crippen molar-refractivity contribution in [3.05, 3.63) is 75.6 Å². The summed E-state index contributed by atoms with van der Waals surface area (Å²) in [4.78, 5) is 36.0. The molecular formula is C29H36N4O3. The van der Waals surface area contributed by atoms with Gasteiger partial charge in [0.05, 0.1) is 5.52 Å². The topological polar surface area (TPSA) is 79.9 Å². The summed E-state index contributed by atoms with van der Waals surface area (Å²) in [5.41, 5.74) is 3.21. The van der Waals surface area contributed by atoms with Crippen molar-refractivity contribution in [3.63, 3.8) is 0 Å². The molecule has 1 aromatic heterocycles. The normalized spacial score (nSPS) is 18.6. The Morgan fingerprint density at radius 1 is 1.08 bits per heavy atom. The lowest BCUT2D eigenvalue weighted by atomic mass is 9.95. The molecule has 1 aliphatic heterocycles. The summed E-state index contributed by atoms with van der Waals surface area (Å²) >= 11 is 0. The van der Waals surface area contributed by atoms with Gasteiger partial charge in [0.25, 0.3) is 5.91 Å². The molecule has 2 heterocycles. The SMILES string of the molecule is CN(C)CCN(CC1CCCN(C2Cc3ccccc3C2)C1)C(=O)c1cc(=O)c2cccc(O)c2[nH]1. The zero-order valence-electron chi connectivity index (χ0n) is 21.2. The van der Waals surface area contributed by atoms with Crippen LogP contribution in [0.1, 0.15) is 34.5 Å². The fraction of sp³-hybridized carbons (Fsp3) is 0.448. The van der Waals surface area contributed by atoms with E-state index in [2.05, 4.69) is 39.0 Å². The van der Waals surface area contributed by atoms with E-state index in [9.17, 15) is 14.7 Å². The van der Waals surface area contributed by atoms with E-state index in [-0.39, 0.29) is 22.8 Å². The Balaban J connectivity index is 1.33. The minimum absolute atomic E-state index is 0.0282. The molecule has 1 atom stereocenters. The molecule has 5 rings (SSSR count). The highest BCUT2D eigenvalue weighted by Crippen LogP contribution is 2.29. The quantitative estimate of drug-likeness (QED) is 0.534. The summed E-state index contributed by atoms with van der Waals surface area (Å²) in [6.45, 7) is 4.07. The van der Waals surface area contributed by atoms with Gasteiger partial charge in [0.15, 0.2) is 5.43 Å². The van der Waals surface area contributed by atoms with E-state index in [4.69, 9.17) is 0 Å². The summed E-state index contributed by atoms with van der Waals surface area (Å²) in [5.74, 6) is 0.165. The van der Waals surface area contributed by atoms with Crippen molar-refractivity contribution in [2.45, 2.75) is 31.7 Å². The number of nitrogens with zero attached hydrogens (tertiary/aromatic N) is 3. The minimum atomic E-state index is -0.264. The van der Waals surface area contributed by atoms with Gasteiger partial charge < -0.3 is 19.9 Å². The average molecular weight is 489 g/mol. The van der Waals surface area contributed by atoms with E-state index in [0.717, 1.165) is 45.3 Å². The van der Waals surface area contributed by atoms with Crippen LogP contribution in [-0.4, -0.2) is 83.6 Å². The van der Waals surface area contributed by atoms with Crippen molar-refractivity contribution in [3.8, 4) is 5.75 Å². The van der Waals surface area contributed by atoms with Gasteiger partial charge in [0, 0.05) is 43.7 Å². The molecule has 3 aromatic rings. The molecule has 2 N–H and O–H groups in total. The van der Waals surface area contributed by atoms with Crippen molar-refractivity contribution in [1.29, 1.82) is 0 Å². The van der Waals surface area contributed by atoms with Gasteiger partial charge >= 0.3 is 0 Å². The Labute approximate surface area is 212 Å². The average Bonchev–Trinajstić information content (AvgIpc) is 3.31. The number of rotatable bonds is 7. The summed E-state index contributed by atoms with van der Waals surface area (Å²) in [6.07, 6.45) is 4.44. The molecule has 0 spiro atoms. The number of pyridine rings is 1. The third-order valence-electron chi connectivity index (χ3n) is 7.75. The summed E-state index contributed by atoms with van der Waals surface area (Å²) in [7, 11) is 4.00. The van der Waals surface area contributed by atoms with Gasteiger partial charge in [0.2, 0.25) is 0 Å². The van der Waals surface area contributed by atoms with Crippen molar-refractivity contribution in [2.24, 2.45) is 5.92 Å². The van der Waals surface area contributed by atoms with Crippen molar-refractivity contribution in [2.75, 3.05) is 46.8 Å². The number of aromatic nitrogens is 1. The number of phenols is 1. The zero-order valence-corrected chi connectivity index (χ0v) is 21.2. The minimum Gasteiger partial charge on any atom is -0.506 e. The molecule has 7 nitrogen and oxygen atoms in total. The fourth-order valence-electron chi connectivity index (χ4n) is 5.82. The lowest BCUT2D eigenvalue weighted by Crippen LogP contribution is -2.48. The van der Waals surface area contributed by atoms with Gasteiger partial charge in [-0.25, -0.2) is 0 Å². The van der Waals surface area contributed by atoms with Crippen LogP contribution in [-0.2, 0) is 12.8 Å². The molecule has 7 heteroatoms. The first-order valence-electron chi connectivity index (χ1n) is 13.0. The maximum atomic E-state index is 13.7.